The number of rotatable bonds is 2. The average molecular weight is 164 g/mol. The van der Waals surface area contributed by atoms with Gasteiger partial charge in [-0.3, -0.25) is 0 Å². The van der Waals surface area contributed by atoms with Crippen molar-refractivity contribution in [1.82, 2.24) is 0 Å². The lowest BCUT2D eigenvalue weighted by atomic mass is 9.48. The molecular weight excluding hydrogens is 148 g/mol. The van der Waals surface area contributed by atoms with Crippen LogP contribution >= 0.6 is 0 Å². The van der Waals surface area contributed by atoms with Gasteiger partial charge in [-0.25, -0.2) is 0 Å². The molecule has 3 aliphatic carbocycles. The topological polar surface area (TPSA) is 17.1 Å². The quantitative estimate of drug-likeness (QED) is 0.453. The largest absolute Gasteiger partial charge is 0.303 e. The van der Waals surface area contributed by atoms with Crippen molar-refractivity contribution in [2.45, 2.75) is 33.1 Å². The second kappa shape index (κ2) is 2.45. The van der Waals surface area contributed by atoms with Gasteiger partial charge in [0.05, 0.1) is 0 Å². The molecule has 0 spiro atoms. The monoisotopic (exact) mass is 164 g/mol. The first-order chi connectivity index (χ1) is 5.66. The van der Waals surface area contributed by atoms with Crippen molar-refractivity contribution < 1.29 is 4.79 Å². The van der Waals surface area contributed by atoms with Crippen molar-refractivity contribution in [2.75, 3.05) is 0 Å². The Morgan fingerprint density at radius 2 is 2.42 bits per heavy atom. The van der Waals surface area contributed by atoms with Gasteiger partial charge >= 0.3 is 0 Å². The van der Waals surface area contributed by atoms with E-state index in [0.717, 1.165) is 12.2 Å². The van der Waals surface area contributed by atoms with Gasteiger partial charge in [0.15, 0.2) is 0 Å². The summed E-state index contributed by atoms with van der Waals surface area (Å²) >= 11 is 0. The first kappa shape index (κ1) is 8.03. The Kier molecular flexibility index (Phi) is 1.64. The van der Waals surface area contributed by atoms with Crippen LogP contribution in [0.5, 0.6) is 0 Å². The highest BCUT2D eigenvalue weighted by molar-refractivity contribution is 5.55. The van der Waals surface area contributed by atoms with E-state index in [9.17, 15) is 4.79 Å². The summed E-state index contributed by atoms with van der Waals surface area (Å²) in [5, 5.41) is 0. The number of hydrogen-bond donors (Lipinski definition) is 0. The fraction of sp³-hybridized carbons (Fsp3) is 0.727. The van der Waals surface area contributed by atoms with Crippen LogP contribution in [-0.4, -0.2) is 6.29 Å². The summed E-state index contributed by atoms with van der Waals surface area (Å²) in [5.74, 6) is 1.60. The van der Waals surface area contributed by atoms with Crippen molar-refractivity contribution in [1.29, 1.82) is 0 Å². The maximum Gasteiger partial charge on any atom is 0.124 e. The second-order valence-electron chi connectivity index (χ2n) is 4.69. The fourth-order valence-corrected chi connectivity index (χ4v) is 2.80. The molecule has 0 heterocycles. The molecule has 0 radical (unpaired) electrons. The van der Waals surface area contributed by atoms with Gasteiger partial charge in [0.25, 0.3) is 0 Å². The lowest BCUT2D eigenvalue weighted by molar-refractivity contribution is -0.107. The first-order valence-electron chi connectivity index (χ1n) is 4.79. The third kappa shape index (κ3) is 0.886. The summed E-state index contributed by atoms with van der Waals surface area (Å²) in [5.41, 5.74) is 1.88. The van der Waals surface area contributed by atoms with Gasteiger partial charge in [0.1, 0.15) is 6.29 Å². The third-order valence-corrected chi connectivity index (χ3v) is 3.90. The molecule has 2 unspecified atom stereocenters. The van der Waals surface area contributed by atoms with Crippen LogP contribution in [0.4, 0.5) is 0 Å². The van der Waals surface area contributed by atoms with Gasteiger partial charge in [-0.2, -0.15) is 0 Å². The number of aldehydes is 1. The van der Waals surface area contributed by atoms with Gasteiger partial charge in [-0.15, -0.1) is 0 Å². The van der Waals surface area contributed by atoms with Gasteiger partial charge in [-0.05, 0) is 30.1 Å². The van der Waals surface area contributed by atoms with Crippen molar-refractivity contribution in [2.24, 2.45) is 17.3 Å². The Bertz CT molecular complexity index is 237. The van der Waals surface area contributed by atoms with Crippen molar-refractivity contribution in [3.8, 4) is 0 Å². The van der Waals surface area contributed by atoms with Gasteiger partial charge in [0.2, 0.25) is 0 Å². The van der Waals surface area contributed by atoms with Gasteiger partial charge < -0.3 is 4.79 Å². The molecule has 2 atom stereocenters. The maximum absolute atomic E-state index is 10.4. The molecule has 0 aromatic heterocycles. The standard InChI is InChI=1S/C11H16O/c1-11(2)9-4-3-8(5-6-12)10(11)7-9/h3,6,9-10H,4-5,7H2,1-2H3. The first-order valence-corrected chi connectivity index (χ1v) is 4.79. The Morgan fingerprint density at radius 3 is 2.92 bits per heavy atom. The summed E-state index contributed by atoms with van der Waals surface area (Å²) in [4.78, 5) is 10.4. The smallest absolute Gasteiger partial charge is 0.124 e. The van der Waals surface area contributed by atoms with E-state index in [4.69, 9.17) is 0 Å². The van der Waals surface area contributed by atoms with E-state index in [1.54, 1.807) is 0 Å². The average Bonchev–Trinajstić information content (AvgIpc) is 2.05. The molecule has 1 heteroatoms. The molecule has 12 heavy (non-hydrogen) atoms. The lowest BCUT2D eigenvalue weighted by Gasteiger charge is -2.56. The zero-order valence-electron chi connectivity index (χ0n) is 7.84. The van der Waals surface area contributed by atoms with Crippen LogP contribution in [0.15, 0.2) is 11.6 Å². The molecular formula is C11H16O. The summed E-state index contributed by atoms with van der Waals surface area (Å²) in [6.45, 7) is 4.67. The Morgan fingerprint density at radius 1 is 1.67 bits per heavy atom. The summed E-state index contributed by atoms with van der Waals surface area (Å²) in [6, 6.07) is 0. The molecule has 0 aromatic rings. The van der Waals surface area contributed by atoms with Gasteiger partial charge in [0, 0.05) is 6.42 Å². The van der Waals surface area contributed by atoms with Crippen LogP contribution in [0, 0.1) is 17.3 Å². The number of fused-ring (bicyclic) bond motifs is 1. The molecule has 1 fully saturated rings. The van der Waals surface area contributed by atoms with E-state index in [1.807, 2.05) is 0 Å². The number of carbonyl (C=O) groups excluding carboxylic acids is 1. The van der Waals surface area contributed by atoms with E-state index in [1.165, 1.54) is 18.4 Å². The molecule has 0 amide bonds. The predicted molar refractivity (Wildman–Crippen MR) is 48.8 cm³/mol. The molecule has 66 valence electrons. The Hall–Kier alpha value is -0.590. The minimum absolute atomic E-state index is 0.479. The highest BCUT2D eigenvalue weighted by Crippen LogP contribution is 2.59. The van der Waals surface area contributed by atoms with Crippen molar-refractivity contribution in [3.05, 3.63) is 11.6 Å². The number of carbonyl (C=O) groups is 1. The molecule has 3 rings (SSSR count). The highest BCUT2D eigenvalue weighted by Gasteiger charge is 2.50. The second-order valence-corrected chi connectivity index (χ2v) is 4.69. The van der Waals surface area contributed by atoms with E-state index in [2.05, 4.69) is 19.9 Å². The normalized spacial score (nSPS) is 36.7. The number of allylic oxidation sites excluding steroid dienone is 2. The summed E-state index contributed by atoms with van der Waals surface area (Å²) < 4.78 is 0. The lowest BCUT2D eigenvalue weighted by Crippen LogP contribution is -2.48. The van der Waals surface area contributed by atoms with Crippen LogP contribution in [0.2, 0.25) is 0 Å². The zero-order chi connectivity index (χ0) is 8.77. The molecule has 0 saturated heterocycles. The minimum atomic E-state index is 0.479. The molecule has 1 nitrogen and oxygen atoms in total. The Labute approximate surface area is 73.8 Å². The summed E-state index contributed by atoms with van der Waals surface area (Å²) in [6.07, 6.45) is 6.53. The third-order valence-electron chi connectivity index (χ3n) is 3.90. The fourth-order valence-electron chi connectivity index (χ4n) is 2.80. The van der Waals surface area contributed by atoms with Crippen molar-refractivity contribution >= 4 is 6.29 Å². The summed E-state index contributed by atoms with van der Waals surface area (Å²) in [7, 11) is 0. The van der Waals surface area contributed by atoms with Crippen molar-refractivity contribution in [3.63, 3.8) is 0 Å². The van der Waals surface area contributed by atoms with Crippen LogP contribution in [0.1, 0.15) is 33.1 Å². The zero-order valence-corrected chi connectivity index (χ0v) is 7.84. The van der Waals surface area contributed by atoms with Gasteiger partial charge in [-0.1, -0.05) is 25.5 Å². The maximum atomic E-state index is 10.4. The van der Waals surface area contributed by atoms with E-state index in [0.29, 0.717) is 17.8 Å². The van der Waals surface area contributed by atoms with Crippen LogP contribution < -0.4 is 0 Å². The van der Waals surface area contributed by atoms with Crippen LogP contribution in [0.3, 0.4) is 0 Å². The Balaban J connectivity index is 2.18. The highest BCUT2D eigenvalue weighted by atomic mass is 16.1. The molecule has 2 bridgehead atoms. The van der Waals surface area contributed by atoms with E-state index >= 15 is 0 Å². The number of hydrogen-bond acceptors (Lipinski definition) is 1. The SMILES string of the molecule is CC1(C)C2CC=C(CC=O)C1C2. The van der Waals surface area contributed by atoms with Crippen LogP contribution in [0.25, 0.3) is 0 Å². The molecule has 0 aliphatic heterocycles. The molecule has 3 aliphatic rings. The molecule has 0 N–H and O–H groups in total. The molecule has 0 aromatic carbocycles. The van der Waals surface area contributed by atoms with E-state index in [-0.39, 0.29) is 0 Å². The van der Waals surface area contributed by atoms with Crippen LogP contribution in [-0.2, 0) is 4.79 Å². The van der Waals surface area contributed by atoms with E-state index < -0.39 is 0 Å². The minimum Gasteiger partial charge on any atom is -0.303 e. The molecule has 1 saturated carbocycles. The predicted octanol–water partition coefficient (Wildman–Crippen LogP) is 2.57.